The third-order valence-electron chi connectivity index (χ3n) is 2.25. The summed E-state index contributed by atoms with van der Waals surface area (Å²) >= 11 is 0. The Morgan fingerprint density at radius 2 is 1.85 bits per heavy atom. The van der Waals surface area contributed by atoms with E-state index in [0.29, 0.717) is 6.04 Å². The van der Waals surface area contributed by atoms with Gasteiger partial charge >= 0.3 is 0 Å². The van der Waals surface area contributed by atoms with E-state index in [1.165, 1.54) is 17.5 Å². The zero-order valence-corrected chi connectivity index (χ0v) is 8.59. The van der Waals surface area contributed by atoms with E-state index in [0.717, 1.165) is 12.8 Å². The van der Waals surface area contributed by atoms with Gasteiger partial charge in [0.1, 0.15) is 0 Å². The maximum absolute atomic E-state index is 5.68. The number of aryl methyl sites for hydroxylation is 2. The Kier molecular flexibility index (Phi) is 3.97. The van der Waals surface area contributed by atoms with Gasteiger partial charge in [0.05, 0.1) is 0 Å². The van der Waals surface area contributed by atoms with Gasteiger partial charge in [-0.25, -0.2) is 0 Å². The summed E-state index contributed by atoms with van der Waals surface area (Å²) < 4.78 is 0. The van der Waals surface area contributed by atoms with Crippen LogP contribution in [0.4, 0.5) is 0 Å². The fourth-order valence-corrected chi connectivity index (χ4v) is 1.38. The van der Waals surface area contributed by atoms with Gasteiger partial charge in [0.2, 0.25) is 0 Å². The van der Waals surface area contributed by atoms with Crippen molar-refractivity contribution in [2.45, 2.75) is 39.2 Å². The van der Waals surface area contributed by atoms with Crippen LogP contribution in [0.1, 0.15) is 30.9 Å². The zero-order valence-electron chi connectivity index (χ0n) is 8.59. The van der Waals surface area contributed by atoms with Crippen LogP contribution in [-0.2, 0) is 6.42 Å². The average Bonchev–Trinajstić information content (AvgIpc) is 2.08. The Balaban J connectivity index is 2.33. The molecule has 1 unspecified atom stereocenters. The summed E-state index contributed by atoms with van der Waals surface area (Å²) in [5.41, 5.74) is 8.43. The van der Waals surface area contributed by atoms with Gasteiger partial charge in [-0.1, -0.05) is 29.8 Å². The highest BCUT2D eigenvalue weighted by molar-refractivity contribution is 5.21. The van der Waals surface area contributed by atoms with E-state index in [1.54, 1.807) is 0 Å². The first-order valence-corrected chi connectivity index (χ1v) is 4.99. The Labute approximate surface area is 81.0 Å². The van der Waals surface area contributed by atoms with Crippen LogP contribution in [0.15, 0.2) is 24.3 Å². The minimum atomic E-state index is 0.338. The van der Waals surface area contributed by atoms with Crippen molar-refractivity contribution in [2.75, 3.05) is 0 Å². The van der Waals surface area contributed by atoms with E-state index in [-0.39, 0.29) is 0 Å². The quantitative estimate of drug-likeness (QED) is 0.751. The molecule has 0 aliphatic heterocycles. The van der Waals surface area contributed by atoms with Gasteiger partial charge in [-0.2, -0.15) is 0 Å². The summed E-state index contributed by atoms with van der Waals surface area (Å²) in [5.74, 6) is 0. The molecular formula is C12H19N. The first-order chi connectivity index (χ1) is 6.18. The molecule has 0 heterocycles. The number of hydrogen-bond donors (Lipinski definition) is 1. The summed E-state index contributed by atoms with van der Waals surface area (Å²) in [4.78, 5) is 0. The van der Waals surface area contributed by atoms with E-state index in [1.807, 2.05) is 0 Å². The molecule has 1 atom stereocenters. The maximum Gasteiger partial charge on any atom is 0.00105 e. The molecule has 0 saturated carbocycles. The van der Waals surface area contributed by atoms with Crippen molar-refractivity contribution in [3.63, 3.8) is 0 Å². The lowest BCUT2D eigenvalue weighted by molar-refractivity contribution is 0.624. The molecule has 0 amide bonds. The molecule has 2 N–H and O–H groups in total. The van der Waals surface area contributed by atoms with Crippen molar-refractivity contribution in [1.82, 2.24) is 0 Å². The largest absolute Gasteiger partial charge is 0.328 e. The van der Waals surface area contributed by atoms with Crippen molar-refractivity contribution in [3.05, 3.63) is 35.4 Å². The fraction of sp³-hybridized carbons (Fsp3) is 0.500. The third kappa shape index (κ3) is 4.09. The summed E-state index contributed by atoms with van der Waals surface area (Å²) in [6.45, 7) is 4.18. The standard InChI is InChI=1S/C12H19N/c1-10-6-8-12(9-7-10)5-3-4-11(2)13/h6-9,11H,3-5,13H2,1-2H3. The Morgan fingerprint density at radius 1 is 1.23 bits per heavy atom. The second-order valence-electron chi connectivity index (χ2n) is 3.86. The smallest absolute Gasteiger partial charge is 0.00105 e. The molecular weight excluding hydrogens is 158 g/mol. The molecule has 0 fully saturated rings. The lowest BCUT2D eigenvalue weighted by Crippen LogP contribution is -2.14. The molecule has 72 valence electrons. The van der Waals surface area contributed by atoms with Gasteiger partial charge in [-0.3, -0.25) is 0 Å². The molecule has 0 spiro atoms. The molecule has 0 bridgehead atoms. The number of benzene rings is 1. The molecule has 0 radical (unpaired) electrons. The average molecular weight is 177 g/mol. The molecule has 0 aliphatic rings. The number of hydrogen-bond acceptors (Lipinski definition) is 1. The van der Waals surface area contributed by atoms with E-state index in [2.05, 4.69) is 38.1 Å². The molecule has 1 aromatic carbocycles. The summed E-state index contributed by atoms with van der Waals surface area (Å²) in [7, 11) is 0. The van der Waals surface area contributed by atoms with E-state index in [9.17, 15) is 0 Å². The highest BCUT2D eigenvalue weighted by atomic mass is 14.6. The summed E-state index contributed by atoms with van der Waals surface area (Å²) in [5, 5.41) is 0. The van der Waals surface area contributed by atoms with Crippen LogP contribution in [0.5, 0.6) is 0 Å². The van der Waals surface area contributed by atoms with Crippen LogP contribution in [0.3, 0.4) is 0 Å². The SMILES string of the molecule is Cc1ccc(CCCC(C)N)cc1. The van der Waals surface area contributed by atoms with Crippen molar-refractivity contribution in [3.8, 4) is 0 Å². The molecule has 0 aliphatic carbocycles. The maximum atomic E-state index is 5.68. The van der Waals surface area contributed by atoms with Crippen LogP contribution in [0.25, 0.3) is 0 Å². The van der Waals surface area contributed by atoms with Gasteiger partial charge < -0.3 is 5.73 Å². The Hall–Kier alpha value is -0.820. The predicted molar refractivity (Wildman–Crippen MR) is 57.8 cm³/mol. The second-order valence-corrected chi connectivity index (χ2v) is 3.86. The van der Waals surface area contributed by atoms with Crippen molar-refractivity contribution in [1.29, 1.82) is 0 Å². The predicted octanol–water partition coefficient (Wildman–Crippen LogP) is 2.66. The van der Waals surface area contributed by atoms with Crippen LogP contribution in [0, 0.1) is 6.92 Å². The Morgan fingerprint density at radius 3 is 2.38 bits per heavy atom. The first-order valence-electron chi connectivity index (χ1n) is 4.99. The summed E-state index contributed by atoms with van der Waals surface area (Å²) in [6.07, 6.45) is 3.47. The van der Waals surface area contributed by atoms with Crippen molar-refractivity contribution < 1.29 is 0 Å². The van der Waals surface area contributed by atoms with Crippen LogP contribution in [0.2, 0.25) is 0 Å². The first kappa shape index (κ1) is 10.3. The molecule has 0 aromatic heterocycles. The third-order valence-corrected chi connectivity index (χ3v) is 2.25. The van der Waals surface area contributed by atoms with E-state index < -0.39 is 0 Å². The highest BCUT2D eigenvalue weighted by Crippen LogP contribution is 2.07. The number of nitrogens with two attached hydrogens (primary N) is 1. The molecule has 13 heavy (non-hydrogen) atoms. The van der Waals surface area contributed by atoms with Crippen molar-refractivity contribution in [2.24, 2.45) is 5.73 Å². The van der Waals surface area contributed by atoms with Gasteiger partial charge in [0, 0.05) is 6.04 Å². The zero-order chi connectivity index (χ0) is 9.68. The number of rotatable bonds is 4. The minimum Gasteiger partial charge on any atom is -0.328 e. The molecule has 1 nitrogen and oxygen atoms in total. The molecule has 0 saturated heterocycles. The van der Waals surface area contributed by atoms with Crippen LogP contribution >= 0.6 is 0 Å². The molecule has 1 heteroatoms. The van der Waals surface area contributed by atoms with Crippen LogP contribution in [-0.4, -0.2) is 6.04 Å². The van der Waals surface area contributed by atoms with Gasteiger partial charge in [0.25, 0.3) is 0 Å². The lowest BCUT2D eigenvalue weighted by Gasteiger charge is -2.04. The van der Waals surface area contributed by atoms with E-state index >= 15 is 0 Å². The molecule has 1 rings (SSSR count). The van der Waals surface area contributed by atoms with Gasteiger partial charge in [0.15, 0.2) is 0 Å². The topological polar surface area (TPSA) is 26.0 Å². The Bertz CT molecular complexity index is 236. The van der Waals surface area contributed by atoms with E-state index in [4.69, 9.17) is 5.73 Å². The summed E-state index contributed by atoms with van der Waals surface area (Å²) in [6, 6.07) is 9.08. The minimum absolute atomic E-state index is 0.338. The lowest BCUT2D eigenvalue weighted by atomic mass is 10.0. The van der Waals surface area contributed by atoms with Crippen molar-refractivity contribution >= 4 is 0 Å². The second kappa shape index (κ2) is 5.03. The molecule has 1 aromatic rings. The van der Waals surface area contributed by atoms with Gasteiger partial charge in [-0.05, 0) is 38.7 Å². The highest BCUT2D eigenvalue weighted by Gasteiger charge is 1.95. The normalized spacial score (nSPS) is 12.8. The van der Waals surface area contributed by atoms with Gasteiger partial charge in [-0.15, -0.1) is 0 Å². The van der Waals surface area contributed by atoms with Crippen LogP contribution < -0.4 is 5.73 Å². The monoisotopic (exact) mass is 177 g/mol. The fourth-order valence-electron chi connectivity index (χ4n) is 1.38.